The van der Waals surface area contributed by atoms with Crippen LogP contribution in [0.1, 0.15) is 27.2 Å². The second-order valence-electron chi connectivity index (χ2n) is 3.66. The zero-order chi connectivity index (χ0) is 9.69. The molecule has 3 atom stereocenters. The first-order valence-electron chi connectivity index (χ1n) is 4.56. The molecule has 0 amide bonds. The molecule has 0 aromatic heterocycles. The van der Waals surface area contributed by atoms with Crippen molar-refractivity contribution in [3.05, 3.63) is 0 Å². The summed E-state index contributed by atoms with van der Waals surface area (Å²) in [7, 11) is 1.58. The summed E-state index contributed by atoms with van der Waals surface area (Å²) in [5.74, 6) is -0.307. The predicted octanol–water partition coefficient (Wildman–Crippen LogP) is 1.30. The number of ether oxygens (including phenoxy) is 3. The number of methoxy groups -OCH3 is 1. The standard InChI is InChI=1S/C9H15NO3/c1-5-7-8(3)9(11-4,13-7)12-6(2)10-8/h7H,5H2,1-4H3/t7-,8-,9-/m0/s1. The summed E-state index contributed by atoms with van der Waals surface area (Å²) in [5.41, 5.74) is -0.361. The highest BCUT2D eigenvalue weighted by atomic mass is 16.9. The molecule has 4 heteroatoms. The molecule has 2 rings (SSSR count). The Morgan fingerprint density at radius 2 is 2.31 bits per heavy atom. The molecule has 0 saturated carbocycles. The number of aliphatic imine (C=N–C) groups is 1. The van der Waals surface area contributed by atoms with Crippen LogP contribution in [-0.2, 0) is 14.2 Å². The van der Waals surface area contributed by atoms with Crippen LogP contribution in [0.4, 0.5) is 0 Å². The molecule has 0 N–H and O–H groups in total. The summed E-state index contributed by atoms with van der Waals surface area (Å²) in [4.78, 5) is 4.43. The van der Waals surface area contributed by atoms with Crippen molar-refractivity contribution in [1.29, 1.82) is 0 Å². The van der Waals surface area contributed by atoms with Crippen LogP contribution < -0.4 is 0 Å². The van der Waals surface area contributed by atoms with Gasteiger partial charge in [-0.3, -0.25) is 0 Å². The van der Waals surface area contributed by atoms with Gasteiger partial charge in [0.1, 0.15) is 0 Å². The summed E-state index contributed by atoms with van der Waals surface area (Å²) >= 11 is 0. The topological polar surface area (TPSA) is 40.0 Å². The van der Waals surface area contributed by atoms with E-state index in [1.54, 1.807) is 7.11 Å². The summed E-state index contributed by atoms with van der Waals surface area (Å²) in [5, 5.41) is 0. The molecule has 74 valence electrons. The molecule has 2 heterocycles. The van der Waals surface area contributed by atoms with E-state index in [9.17, 15) is 0 Å². The Kier molecular flexibility index (Phi) is 1.69. The Balaban J connectivity index is 2.29. The first-order chi connectivity index (χ1) is 6.08. The third kappa shape index (κ3) is 0.849. The van der Waals surface area contributed by atoms with Gasteiger partial charge in [0.2, 0.25) is 0 Å². The van der Waals surface area contributed by atoms with Crippen LogP contribution in [0.2, 0.25) is 0 Å². The molecule has 1 fully saturated rings. The minimum Gasteiger partial charge on any atom is -0.424 e. The molecule has 0 aromatic carbocycles. The van der Waals surface area contributed by atoms with Crippen LogP contribution in [0.25, 0.3) is 0 Å². The van der Waals surface area contributed by atoms with Crippen molar-refractivity contribution in [2.75, 3.05) is 7.11 Å². The van der Waals surface area contributed by atoms with Gasteiger partial charge >= 0.3 is 5.97 Å². The van der Waals surface area contributed by atoms with E-state index in [4.69, 9.17) is 14.2 Å². The van der Waals surface area contributed by atoms with E-state index in [0.717, 1.165) is 6.42 Å². The third-order valence-electron chi connectivity index (χ3n) is 2.86. The molecule has 1 saturated heterocycles. The van der Waals surface area contributed by atoms with Crippen LogP contribution in [0.15, 0.2) is 4.99 Å². The Morgan fingerprint density at radius 3 is 2.85 bits per heavy atom. The maximum absolute atomic E-state index is 5.56. The van der Waals surface area contributed by atoms with Gasteiger partial charge in [0.25, 0.3) is 0 Å². The molecule has 4 nitrogen and oxygen atoms in total. The highest BCUT2D eigenvalue weighted by Crippen LogP contribution is 2.51. The monoisotopic (exact) mass is 185 g/mol. The Hall–Kier alpha value is -0.610. The molecule has 0 aromatic rings. The smallest absolute Gasteiger partial charge is 0.357 e. The van der Waals surface area contributed by atoms with Gasteiger partial charge in [-0.2, -0.15) is 0 Å². The van der Waals surface area contributed by atoms with E-state index >= 15 is 0 Å². The lowest BCUT2D eigenvalue weighted by atomic mass is 9.85. The lowest BCUT2D eigenvalue weighted by molar-refractivity contribution is -0.456. The Labute approximate surface area is 77.9 Å². The van der Waals surface area contributed by atoms with Gasteiger partial charge in [0.15, 0.2) is 11.4 Å². The lowest BCUT2D eigenvalue weighted by Crippen LogP contribution is -2.71. The van der Waals surface area contributed by atoms with Gasteiger partial charge in [0, 0.05) is 14.0 Å². The molecule has 0 aliphatic carbocycles. The number of rotatable bonds is 2. The predicted molar refractivity (Wildman–Crippen MR) is 47.5 cm³/mol. The second kappa shape index (κ2) is 2.45. The van der Waals surface area contributed by atoms with E-state index in [1.807, 2.05) is 13.8 Å². The van der Waals surface area contributed by atoms with Crippen molar-refractivity contribution < 1.29 is 14.2 Å². The fraction of sp³-hybridized carbons (Fsp3) is 0.889. The van der Waals surface area contributed by atoms with Crippen LogP contribution >= 0.6 is 0 Å². The maximum Gasteiger partial charge on any atom is 0.357 e. The zero-order valence-electron chi connectivity index (χ0n) is 8.46. The molecule has 0 radical (unpaired) electrons. The minimum atomic E-state index is -0.947. The van der Waals surface area contributed by atoms with E-state index in [0.29, 0.717) is 5.90 Å². The molecule has 13 heavy (non-hydrogen) atoms. The fourth-order valence-corrected chi connectivity index (χ4v) is 2.15. The van der Waals surface area contributed by atoms with Gasteiger partial charge in [-0.1, -0.05) is 6.92 Å². The van der Waals surface area contributed by atoms with Crippen LogP contribution in [0.5, 0.6) is 0 Å². The Bertz CT molecular complexity index is 266. The van der Waals surface area contributed by atoms with Crippen LogP contribution in [0.3, 0.4) is 0 Å². The first-order valence-corrected chi connectivity index (χ1v) is 4.56. The van der Waals surface area contributed by atoms with Crippen molar-refractivity contribution in [2.24, 2.45) is 4.99 Å². The lowest BCUT2D eigenvalue weighted by Gasteiger charge is -2.52. The normalized spacial score (nSPS) is 47.7. The fourth-order valence-electron chi connectivity index (χ4n) is 2.15. The summed E-state index contributed by atoms with van der Waals surface area (Å²) in [6, 6.07) is 0. The summed E-state index contributed by atoms with van der Waals surface area (Å²) < 4.78 is 16.2. The quantitative estimate of drug-likeness (QED) is 0.651. The minimum absolute atomic E-state index is 0.102. The van der Waals surface area contributed by atoms with E-state index in [-0.39, 0.29) is 11.6 Å². The Morgan fingerprint density at radius 1 is 1.62 bits per heavy atom. The number of hydrogen-bond donors (Lipinski definition) is 0. The molecule has 2 aliphatic rings. The number of fused-ring (bicyclic) bond motifs is 1. The highest BCUT2D eigenvalue weighted by Gasteiger charge is 2.71. The molecular weight excluding hydrogens is 170 g/mol. The molecule has 0 spiro atoms. The third-order valence-corrected chi connectivity index (χ3v) is 2.86. The van der Waals surface area contributed by atoms with Crippen molar-refractivity contribution in [3.63, 3.8) is 0 Å². The van der Waals surface area contributed by atoms with Crippen molar-refractivity contribution in [3.8, 4) is 0 Å². The van der Waals surface area contributed by atoms with E-state index in [1.165, 1.54) is 0 Å². The van der Waals surface area contributed by atoms with Gasteiger partial charge in [0.05, 0.1) is 6.10 Å². The van der Waals surface area contributed by atoms with Gasteiger partial charge in [-0.25, -0.2) is 4.99 Å². The van der Waals surface area contributed by atoms with Crippen molar-refractivity contribution in [2.45, 2.75) is 44.8 Å². The maximum atomic E-state index is 5.56. The summed E-state index contributed by atoms with van der Waals surface area (Å²) in [6.45, 7) is 5.89. The van der Waals surface area contributed by atoms with Crippen LogP contribution in [0, 0.1) is 0 Å². The number of nitrogens with zero attached hydrogens (tertiary/aromatic N) is 1. The SMILES string of the molecule is CC[C@@H]1O[C@@]2(OC)OC(C)=N[C@@]12C. The molecular formula is C9H15NO3. The molecule has 0 unspecified atom stereocenters. The van der Waals surface area contributed by atoms with E-state index < -0.39 is 5.97 Å². The average molecular weight is 185 g/mol. The number of hydrogen-bond acceptors (Lipinski definition) is 4. The average Bonchev–Trinajstić information content (AvgIpc) is 2.27. The highest BCUT2D eigenvalue weighted by molar-refractivity contribution is 5.76. The van der Waals surface area contributed by atoms with Crippen molar-refractivity contribution in [1.82, 2.24) is 0 Å². The first kappa shape index (κ1) is 8.97. The van der Waals surface area contributed by atoms with Gasteiger partial charge in [-0.05, 0) is 13.3 Å². The molecule has 0 bridgehead atoms. The van der Waals surface area contributed by atoms with Gasteiger partial charge in [-0.15, -0.1) is 0 Å². The zero-order valence-corrected chi connectivity index (χ0v) is 8.46. The second-order valence-corrected chi connectivity index (χ2v) is 3.66. The summed E-state index contributed by atoms with van der Waals surface area (Å²) in [6.07, 6.45) is 1.02. The van der Waals surface area contributed by atoms with E-state index in [2.05, 4.69) is 11.9 Å². The van der Waals surface area contributed by atoms with Crippen LogP contribution in [-0.4, -0.2) is 30.6 Å². The molecule has 2 aliphatic heterocycles. The van der Waals surface area contributed by atoms with Crippen molar-refractivity contribution >= 4 is 5.90 Å². The largest absolute Gasteiger partial charge is 0.424 e. The van der Waals surface area contributed by atoms with Gasteiger partial charge < -0.3 is 14.2 Å².